The molecule has 0 aliphatic carbocycles. The van der Waals surface area contributed by atoms with Gasteiger partial charge in [0.25, 0.3) is 11.8 Å². The van der Waals surface area contributed by atoms with E-state index < -0.39 is 0 Å². The summed E-state index contributed by atoms with van der Waals surface area (Å²) in [5.41, 5.74) is 2.18. The van der Waals surface area contributed by atoms with Crippen LogP contribution in [-0.2, 0) is 22.5 Å². The number of amides is 2. The van der Waals surface area contributed by atoms with E-state index in [0.717, 1.165) is 24.1 Å². The van der Waals surface area contributed by atoms with Crippen molar-refractivity contribution in [3.63, 3.8) is 0 Å². The van der Waals surface area contributed by atoms with Gasteiger partial charge in [-0.05, 0) is 26.7 Å². The Morgan fingerprint density at radius 2 is 2.27 bits per heavy atom. The van der Waals surface area contributed by atoms with Crippen molar-refractivity contribution in [1.82, 2.24) is 20.4 Å². The molecule has 1 unspecified atom stereocenters. The molecule has 120 valence electrons. The molecule has 1 atom stereocenters. The van der Waals surface area contributed by atoms with E-state index in [0.29, 0.717) is 31.8 Å². The molecular formula is C15H22N4O3. The van der Waals surface area contributed by atoms with Crippen LogP contribution in [0.25, 0.3) is 0 Å². The number of hydrogen-bond acceptors (Lipinski definition) is 4. The summed E-state index contributed by atoms with van der Waals surface area (Å²) in [6, 6.07) is 0.0491. The Labute approximate surface area is 129 Å². The second kappa shape index (κ2) is 6.08. The smallest absolute Gasteiger partial charge is 0.272 e. The lowest BCUT2D eigenvalue weighted by molar-refractivity contribution is -0.141. The molecule has 0 spiro atoms. The number of nitrogens with zero attached hydrogens (tertiary/aromatic N) is 2. The molecule has 3 rings (SSSR count). The van der Waals surface area contributed by atoms with Crippen LogP contribution in [0, 0.1) is 0 Å². The van der Waals surface area contributed by atoms with Crippen LogP contribution in [0.1, 0.15) is 48.4 Å². The minimum absolute atomic E-state index is 0.0274. The summed E-state index contributed by atoms with van der Waals surface area (Å²) in [5.74, 6) is -0.168. The monoisotopic (exact) mass is 306 g/mol. The fourth-order valence-corrected chi connectivity index (χ4v) is 2.98. The van der Waals surface area contributed by atoms with E-state index in [9.17, 15) is 9.59 Å². The Morgan fingerprint density at radius 3 is 2.95 bits per heavy atom. The zero-order valence-corrected chi connectivity index (χ0v) is 13.0. The van der Waals surface area contributed by atoms with E-state index in [-0.39, 0.29) is 24.0 Å². The molecule has 2 aliphatic heterocycles. The summed E-state index contributed by atoms with van der Waals surface area (Å²) in [7, 11) is 0. The number of ether oxygens (including phenoxy) is 1. The Hall–Kier alpha value is -1.89. The first-order valence-corrected chi connectivity index (χ1v) is 7.83. The van der Waals surface area contributed by atoms with Crippen LogP contribution in [0.4, 0.5) is 0 Å². The minimum atomic E-state index is -0.318. The molecule has 2 amide bonds. The van der Waals surface area contributed by atoms with Crippen molar-refractivity contribution < 1.29 is 14.3 Å². The maximum Gasteiger partial charge on any atom is 0.272 e. The van der Waals surface area contributed by atoms with Gasteiger partial charge in [-0.25, -0.2) is 0 Å². The van der Waals surface area contributed by atoms with Gasteiger partial charge in [0.2, 0.25) is 0 Å². The molecule has 7 nitrogen and oxygen atoms in total. The molecule has 0 aromatic carbocycles. The van der Waals surface area contributed by atoms with Gasteiger partial charge in [-0.2, -0.15) is 5.10 Å². The Kier molecular flexibility index (Phi) is 4.15. The number of fused-ring (bicyclic) bond motifs is 1. The van der Waals surface area contributed by atoms with E-state index in [1.165, 1.54) is 0 Å². The van der Waals surface area contributed by atoms with Crippen molar-refractivity contribution in [3.8, 4) is 0 Å². The zero-order chi connectivity index (χ0) is 15.7. The van der Waals surface area contributed by atoms with Crippen LogP contribution in [0.3, 0.4) is 0 Å². The van der Waals surface area contributed by atoms with Gasteiger partial charge in [-0.3, -0.25) is 14.7 Å². The van der Waals surface area contributed by atoms with Gasteiger partial charge < -0.3 is 15.0 Å². The third-order valence-corrected chi connectivity index (χ3v) is 4.09. The van der Waals surface area contributed by atoms with Crippen LogP contribution in [0.2, 0.25) is 0 Å². The molecule has 1 saturated heterocycles. The third kappa shape index (κ3) is 2.85. The predicted octanol–water partition coefficient (Wildman–Crippen LogP) is 0.612. The molecule has 3 heterocycles. The SMILES string of the molecule is CC(C)NC(=O)c1n[nH]c2c1CN(C(=O)C1CCCO1)CC2. The highest BCUT2D eigenvalue weighted by Crippen LogP contribution is 2.23. The lowest BCUT2D eigenvalue weighted by Crippen LogP contribution is -2.42. The second-order valence-electron chi connectivity index (χ2n) is 6.17. The lowest BCUT2D eigenvalue weighted by atomic mass is 10.0. The van der Waals surface area contributed by atoms with Crippen molar-refractivity contribution in [3.05, 3.63) is 17.0 Å². The average molecular weight is 306 g/mol. The molecule has 1 fully saturated rings. The molecule has 7 heteroatoms. The molecule has 0 radical (unpaired) electrons. The van der Waals surface area contributed by atoms with Crippen LogP contribution in [0.15, 0.2) is 0 Å². The first kappa shape index (κ1) is 15.0. The van der Waals surface area contributed by atoms with Gasteiger partial charge in [0.15, 0.2) is 5.69 Å². The molecule has 0 saturated carbocycles. The number of nitrogens with one attached hydrogen (secondary N) is 2. The molecule has 0 bridgehead atoms. The van der Waals surface area contributed by atoms with Crippen LogP contribution < -0.4 is 5.32 Å². The fourth-order valence-electron chi connectivity index (χ4n) is 2.98. The normalized spacial score (nSPS) is 21.0. The van der Waals surface area contributed by atoms with Crippen LogP contribution >= 0.6 is 0 Å². The van der Waals surface area contributed by atoms with E-state index in [4.69, 9.17) is 4.74 Å². The Morgan fingerprint density at radius 1 is 1.45 bits per heavy atom. The molecule has 22 heavy (non-hydrogen) atoms. The number of rotatable bonds is 3. The number of aromatic nitrogens is 2. The topological polar surface area (TPSA) is 87.3 Å². The van der Waals surface area contributed by atoms with Gasteiger partial charge >= 0.3 is 0 Å². The maximum atomic E-state index is 12.5. The van der Waals surface area contributed by atoms with E-state index in [1.54, 1.807) is 4.90 Å². The highest BCUT2D eigenvalue weighted by atomic mass is 16.5. The fraction of sp³-hybridized carbons (Fsp3) is 0.667. The van der Waals surface area contributed by atoms with E-state index in [1.807, 2.05) is 13.8 Å². The number of H-pyrrole nitrogens is 1. The molecular weight excluding hydrogens is 284 g/mol. The number of carbonyl (C=O) groups excluding carboxylic acids is 2. The molecule has 1 aromatic heterocycles. The number of hydrogen-bond donors (Lipinski definition) is 2. The highest BCUT2D eigenvalue weighted by molar-refractivity contribution is 5.94. The van der Waals surface area contributed by atoms with E-state index in [2.05, 4.69) is 15.5 Å². The summed E-state index contributed by atoms with van der Waals surface area (Å²) in [6.45, 7) is 5.53. The second-order valence-corrected chi connectivity index (χ2v) is 6.17. The predicted molar refractivity (Wildman–Crippen MR) is 79.3 cm³/mol. The van der Waals surface area contributed by atoms with Crippen molar-refractivity contribution in [2.75, 3.05) is 13.2 Å². The molecule has 1 aromatic rings. The third-order valence-electron chi connectivity index (χ3n) is 4.09. The Bertz CT molecular complexity index is 575. The largest absolute Gasteiger partial charge is 0.368 e. The number of carbonyl (C=O) groups is 2. The molecule has 2 N–H and O–H groups in total. The van der Waals surface area contributed by atoms with Gasteiger partial charge in [0, 0.05) is 43.4 Å². The maximum absolute atomic E-state index is 12.5. The average Bonchev–Trinajstić information content (AvgIpc) is 3.14. The van der Waals surface area contributed by atoms with Gasteiger partial charge in [-0.1, -0.05) is 0 Å². The highest BCUT2D eigenvalue weighted by Gasteiger charge is 2.33. The minimum Gasteiger partial charge on any atom is -0.368 e. The van der Waals surface area contributed by atoms with Crippen molar-refractivity contribution in [1.29, 1.82) is 0 Å². The summed E-state index contributed by atoms with van der Waals surface area (Å²) in [4.78, 5) is 26.4. The number of aromatic amines is 1. The summed E-state index contributed by atoms with van der Waals surface area (Å²) in [5, 5.41) is 9.91. The first-order valence-electron chi connectivity index (χ1n) is 7.83. The van der Waals surface area contributed by atoms with Crippen LogP contribution in [0.5, 0.6) is 0 Å². The summed E-state index contributed by atoms with van der Waals surface area (Å²) in [6.07, 6.45) is 2.09. The first-order chi connectivity index (χ1) is 10.6. The van der Waals surface area contributed by atoms with Gasteiger partial charge in [0.05, 0.1) is 0 Å². The summed E-state index contributed by atoms with van der Waals surface area (Å²) < 4.78 is 5.47. The Balaban J connectivity index is 1.75. The van der Waals surface area contributed by atoms with Crippen molar-refractivity contribution >= 4 is 11.8 Å². The summed E-state index contributed by atoms with van der Waals surface area (Å²) >= 11 is 0. The molecule has 2 aliphatic rings. The van der Waals surface area contributed by atoms with Gasteiger partial charge in [0.1, 0.15) is 6.10 Å². The quantitative estimate of drug-likeness (QED) is 0.856. The van der Waals surface area contributed by atoms with Crippen molar-refractivity contribution in [2.45, 2.75) is 51.8 Å². The zero-order valence-electron chi connectivity index (χ0n) is 13.0. The standard InChI is InChI=1S/C15H22N4O3/c1-9(2)16-14(20)13-10-8-19(6-5-11(10)17-18-13)15(21)12-4-3-7-22-12/h9,12H,3-8H2,1-2H3,(H,16,20)(H,17,18). The lowest BCUT2D eigenvalue weighted by Gasteiger charge is -2.29. The van der Waals surface area contributed by atoms with Gasteiger partial charge in [-0.15, -0.1) is 0 Å². The van der Waals surface area contributed by atoms with Crippen LogP contribution in [-0.4, -0.2) is 52.2 Å². The van der Waals surface area contributed by atoms with E-state index >= 15 is 0 Å². The van der Waals surface area contributed by atoms with Crippen molar-refractivity contribution in [2.24, 2.45) is 0 Å².